The summed E-state index contributed by atoms with van der Waals surface area (Å²) in [7, 11) is 1.60. The molecule has 0 saturated heterocycles. The van der Waals surface area contributed by atoms with Gasteiger partial charge in [0.2, 0.25) is 5.91 Å². The van der Waals surface area contributed by atoms with Gasteiger partial charge >= 0.3 is 0 Å². The summed E-state index contributed by atoms with van der Waals surface area (Å²) < 4.78 is 0. The minimum Gasteiger partial charge on any atom is -0.369 e. The van der Waals surface area contributed by atoms with Crippen molar-refractivity contribution < 1.29 is 9.59 Å². The van der Waals surface area contributed by atoms with Crippen molar-refractivity contribution in [2.24, 2.45) is 10.7 Å². The van der Waals surface area contributed by atoms with Gasteiger partial charge in [0.05, 0.1) is 24.4 Å². The van der Waals surface area contributed by atoms with E-state index >= 15 is 0 Å². The van der Waals surface area contributed by atoms with E-state index in [1.54, 1.807) is 7.05 Å². The summed E-state index contributed by atoms with van der Waals surface area (Å²) >= 11 is 5.69. The van der Waals surface area contributed by atoms with E-state index in [0.29, 0.717) is 0 Å². The average Bonchev–Trinajstić information content (AvgIpc) is 2.60. The van der Waals surface area contributed by atoms with Crippen LogP contribution < -0.4 is 5.73 Å². The standard InChI is InChI=1S/C18H18ClN5O2/c1-18(8-16(26)24(2)17(20)23-18)12-5-3-4-11(6-12)7-14(25)13-9-22-15(19)10-21-13/h3-6,9-10H,7-8H2,1-2H3,(H2,20,23). The summed E-state index contributed by atoms with van der Waals surface area (Å²) in [5.74, 6) is -0.0847. The number of aromatic nitrogens is 2. The van der Waals surface area contributed by atoms with E-state index in [9.17, 15) is 9.59 Å². The Kier molecular flexibility index (Phi) is 4.73. The maximum Gasteiger partial charge on any atom is 0.231 e. The first-order valence-electron chi connectivity index (χ1n) is 8.00. The highest BCUT2D eigenvalue weighted by atomic mass is 35.5. The van der Waals surface area contributed by atoms with Gasteiger partial charge in [-0.05, 0) is 18.1 Å². The predicted octanol–water partition coefficient (Wildman–Crippen LogP) is 1.95. The summed E-state index contributed by atoms with van der Waals surface area (Å²) in [5, 5.41) is 0.235. The molecule has 2 heterocycles. The highest BCUT2D eigenvalue weighted by Crippen LogP contribution is 2.33. The number of nitrogens with two attached hydrogens (primary N) is 1. The van der Waals surface area contributed by atoms with Crippen molar-refractivity contribution >= 4 is 29.3 Å². The van der Waals surface area contributed by atoms with E-state index < -0.39 is 5.54 Å². The number of hydrogen-bond donors (Lipinski definition) is 1. The molecule has 1 aliphatic heterocycles. The molecule has 1 aliphatic rings. The van der Waals surface area contributed by atoms with E-state index in [1.807, 2.05) is 31.2 Å². The van der Waals surface area contributed by atoms with Gasteiger partial charge in [0.1, 0.15) is 10.8 Å². The monoisotopic (exact) mass is 371 g/mol. The molecule has 0 saturated carbocycles. The number of guanidine groups is 1. The number of hydrogen-bond acceptors (Lipinski definition) is 6. The largest absolute Gasteiger partial charge is 0.369 e. The minimum atomic E-state index is -0.757. The van der Waals surface area contributed by atoms with Crippen molar-refractivity contribution in [1.82, 2.24) is 14.9 Å². The highest BCUT2D eigenvalue weighted by molar-refractivity contribution is 6.29. The Balaban J connectivity index is 1.85. The maximum atomic E-state index is 12.4. The quantitative estimate of drug-likeness (QED) is 0.827. The fraction of sp³-hybridized carbons (Fsp3) is 0.278. The lowest BCUT2D eigenvalue weighted by Gasteiger charge is -2.33. The fourth-order valence-corrected chi connectivity index (χ4v) is 2.92. The molecule has 0 fully saturated rings. The first kappa shape index (κ1) is 18.0. The van der Waals surface area contributed by atoms with Gasteiger partial charge in [-0.15, -0.1) is 0 Å². The number of Topliss-reactive ketones (excluding diaryl/α,β-unsaturated/α-hetero) is 1. The topological polar surface area (TPSA) is 102 Å². The number of carbonyl (C=O) groups excluding carboxylic acids is 2. The van der Waals surface area contributed by atoms with Gasteiger partial charge in [-0.25, -0.2) is 15.0 Å². The van der Waals surface area contributed by atoms with Crippen LogP contribution in [0.2, 0.25) is 5.15 Å². The molecule has 2 aromatic rings. The molecule has 134 valence electrons. The summed E-state index contributed by atoms with van der Waals surface area (Å²) in [6, 6.07) is 7.44. The molecule has 0 spiro atoms. The van der Waals surface area contributed by atoms with Crippen LogP contribution in [0.4, 0.5) is 0 Å². The zero-order valence-electron chi connectivity index (χ0n) is 14.4. The zero-order valence-corrected chi connectivity index (χ0v) is 15.2. The van der Waals surface area contributed by atoms with Gasteiger partial charge in [0.25, 0.3) is 0 Å². The Bertz CT molecular complexity index is 897. The molecule has 0 aliphatic carbocycles. The lowest BCUT2D eigenvalue weighted by atomic mass is 9.86. The summed E-state index contributed by atoms with van der Waals surface area (Å²) in [5.41, 5.74) is 6.98. The van der Waals surface area contributed by atoms with Gasteiger partial charge < -0.3 is 5.73 Å². The molecule has 0 bridgehead atoms. The Morgan fingerprint density at radius 2 is 2.12 bits per heavy atom. The van der Waals surface area contributed by atoms with Crippen LogP contribution in [-0.4, -0.2) is 39.6 Å². The molecule has 1 unspecified atom stereocenters. The third-order valence-electron chi connectivity index (χ3n) is 4.39. The third kappa shape index (κ3) is 3.57. The Labute approximate surface area is 155 Å². The first-order chi connectivity index (χ1) is 12.3. The molecule has 8 heteroatoms. The zero-order chi connectivity index (χ0) is 18.9. The van der Waals surface area contributed by atoms with Gasteiger partial charge in [0.15, 0.2) is 11.7 Å². The molecule has 7 nitrogen and oxygen atoms in total. The molecular weight excluding hydrogens is 354 g/mol. The Morgan fingerprint density at radius 3 is 2.77 bits per heavy atom. The van der Waals surface area contributed by atoms with Crippen molar-refractivity contribution in [2.45, 2.75) is 25.3 Å². The highest BCUT2D eigenvalue weighted by Gasteiger charge is 2.36. The number of ketones is 1. The van der Waals surface area contributed by atoms with Crippen LogP contribution >= 0.6 is 11.6 Å². The minimum absolute atomic E-state index is 0.0991. The molecule has 0 radical (unpaired) electrons. The second kappa shape index (κ2) is 6.84. The molecule has 3 rings (SSSR count). The van der Waals surface area contributed by atoms with E-state index in [4.69, 9.17) is 17.3 Å². The van der Waals surface area contributed by atoms with Crippen molar-refractivity contribution in [2.75, 3.05) is 7.05 Å². The summed E-state index contributed by atoms with van der Waals surface area (Å²) in [6.45, 7) is 1.86. The number of rotatable bonds is 4. The molecular formula is C18H18ClN5O2. The van der Waals surface area contributed by atoms with E-state index in [-0.39, 0.29) is 41.3 Å². The summed E-state index contributed by atoms with van der Waals surface area (Å²) in [4.78, 5) is 38.2. The van der Waals surface area contributed by atoms with Gasteiger partial charge in [-0.3, -0.25) is 14.5 Å². The van der Waals surface area contributed by atoms with Gasteiger partial charge in [-0.1, -0.05) is 35.9 Å². The number of amides is 1. The molecule has 1 amide bonds. The van der Waals surface area contributed by atoms with Gasteiger partial charge in [-0.2, -0.15) is 0 Å². The van der Waals surface area contributed by atoms with E-state index in [1.165, 1.54) is 17.3 Å². The van der Waals surface area contributed by atoms with Crippen LogP contribution in [0.25, 0.3) is 0 Å². The van der Waals surface area contributed by atoms with Crippen molar-refractivity contribution in [3.63, 3.8) is 0 Å². The van der Waals surface area contributed by atoms with Crippen LogP contribution in [0, 0.1) is 0 Å². The van der Waals surface area contributed by atoms with Crippen LogP contribution in [0.5, 0.6) is 0 Å². The van der Waals surface area contributed by atoms with E-state index in [0.717, 1.165) is 11.1 Å². The van der Waals surface area contributed by atoms with Crippen molar-refractivity contribution in [1.29, 1.82) is 0 Å². The van der Waals surface area contributed by atoms with Crippen molar-refractivity contribution in [3.05, 3.63) is 58.6 Å². The fourth-order valence-electron chi connectivity index (χ4n) is 2.82. The van der Waals surface area contributed by atoms with E-state index in [2.05, 4.69) is 15.0 Å². The Hall–Kier alpha value is -2.80. The predicted molar refractivity (Wildman–Crippen MR) is 97.9 cm³/mol. The molecule has 1 atom stereocenters. The lowest BCUT2D eigenvalue weighted by molar-refractivity contribution is -0.128. The first-order valence-corrected chi connectivity index (χ1v) is 8.38. The van der Waals surface area contributed by atoms with Crippen LogP contribution in [0.3, 0.4) is 0 Å². The van der Waals surface area contributed by atoms with Crippen LogP contribution in [0.15, 0.2) is 41.7 Å². The normalized spacial score (nSPS) is 20.0. The van der Waals surface area contributed by atoms with Crippen LogP contribution in [-0.2, 0) is 16.8 Å². The molecule has 1 aromatic carbocycles. The number of nitrogens with zero attached hydrogens (tertiary/aromatic N) is 4. The molecule has 1 aromatic heterocycles. The second-order valence-corrected chi connectivity index (χ2v) is 6.79. The second-order valence-electron chi connectivity index (χ2n) is 6.40. The number of benzene rings is 1. The number of carbonyl (C=O) groups is 2. The molecule has 26 heavy (non-hydrogen) atoms. The smallest absolute Gasteiger partial charge is 0.231 e. The lowest BCUT2D eigenvalue weighted by Crippen LogP contribution is -2.47. The maximum absolute atomic E-state index is 12.4. The third-order valence-corrected chi connectivity index (χ3v) is 4.59. The number of aliphatic imine (C=N–C) groups is 1. The average molecular weight is 372 g/mol. The summed E-state index contributed by atoms with van der Waals surface area (Å²) in [6.07, 6.45) is 3.07. The molecule has 2 N–H and O–H groups in total. The van der Waals surface area contributed by atoms with Gasteiger partial charge in [0, 0.05) is 13.5 Å². The Morgan fingerprint density at radius 1 is 1.35 bits per heavy atom. The SMILES string of the molecule is CN1C(=O)CC(C)(c2cccc(CC(=O)c3cnc(Cl)cn3)c2)N=C1N. The van der Waals surface area contributed by atoms with Crippen molar-refractivity contribution in [3.8, 4) is 0 Å². The number of halogens is 1. The van der Waals surface area contributed by atoms with Crippen LogP contribution in [0.1, 0.15) is 35.0 Å².